The Kier molecular flexibility index (Phi) is 7.04. The van der Waals surface area contributed by atoms with Gasteiger partial charge in [0.05, 0.1) is 17.7 Å². The highest BCUT2D eigenvalue weighted by molar-refractivity contribution is 5.95. The zero-order valence-corrected chi connectivity index (χ0v) is 19.0. The number of likely N-dealkylation sites (tertiary alicyclic amines) is 1. The summed E-state index contributed by atoms with van der Waals surface area (Å²) < 4.78 is 41.5. The van der Waals surface area contributed by atoms with E-state index in [2.05, 4.69) is 9.98 Å². The number of guanidine groups is 1. The Morgan fingerprint density at radius 2 is 1.71 bits per heavy atom. The van der Waals surface area contributed by atoms with E-state index in [0.717, 1.165) is 17.2 Å². The van der Waals surface area contributed by atoms with Crippen molar-refractivity contribution in [2.24, 2.45) is 16.5 Å². The van der Waals surface area contributed by atoms with E-state index in [0.29, 0.717) is 37.1 Å². The summed E-state index contributed by atoms with van der Waals surface area (Å²) in [5, 5.41) is 0. The number of alkyl halides is 3. The molecule has 3 aromatic rings. The number of hydrogen-bond acceptors (Lipinski definition) is 3. The third-order valence-electron chi connectivity index (χ3n) is 6.18. The van der Waals surface area contributed by atoms with Gasteiger partial charge in [-0.3, -0.25) is 9.78 Å². The van der Waals surface area contributed by atoms with Crippen LogP contribution in [0.5, 0.6) is 0 Å². The van der Waals surface area contributed by atoms with Gasteiger partial charge in [0.1, 0.15) is 0 Å². The van der Waals surface area contributed by atoms with Gasteiger partial charge in [-0.1, -0.05) is 42.5 Å². The molecule has 0 radical (unpaired) electrons. The lowest BCUT2D eigenvalue weighted by molar-refractivity contribution is -0.138. The number of rotatable bonds is 5. The quantitative estimate of drug-likeness (QED) is 0.412. The number of aromatic nitrogens is 1. The van der Waals surface area contributed by atoms with Crippen LogP contribution in [0.4, 0.5) is 13.2 Å². The summed E-state index contributed by atoms with van der Waals surface area (Å²) >= 11 is 0. The van der Waals surface area contributed by atoms with Crippen LogP contribution in [0.1, 0.15) is 45.8 Å². The van der Waals surface area contributed by atoms with Crippen LogP contribution >= 0.6 is 0 Å². The molecule has 1 aliphatic heterocycles. The van der Waals surface area contributed by atoms with E-state index < -0.39 is 11.7 Å². The van der Waals surface area contributed by atoms with Crippen LogP contribution in [0.3, 0.4) is 0 Å². The Morgan fingerprint density at radius 1 is 1.00 bits per heavy atom. The maximum atomic E-state index is 13.8. The number of aliphatic imine (C=N–C) groups is 1. The number of hydrogen-bond donors (Lipinski definition) is 2. The van der Waals surface area contributed by atoms with Crippen molar-refractivity contribution in [2.45, 2.75) is 31.5 Å². The topological polar surface area (TPSA) is 97.6 Å². The summed E-state index contributed by atoms with van der Waals surface area (Å²) in [7, 11) is 0. The van der Waals surface area contributed by atoms with Crippen LogP contribution in [-0.4, -0.2) is 34.8 Å². The molecule has 2 heterocycles. The molecule has 6 nitrogen and oxygen atoms in total. The Morgan fingerprint density at radius 3 is 2.37 bits per heavy atom. The molecule has 1 fully saturated rings. The molecule has 182 valence electrons. The second-order valence-corrected chi connectivity index (χ2v) is 8.56. The highest BCUT2D eigenvalue weighted by Crippen LogP contribution is 2.39. The lowest BCUT2D eigenvalue weighted by Gasteiger charge is -2.33. The van der Waals surface area contributed by atoms with Gasteiger partial charge >= 0.3 is 6.18 Å². The number of piperidine rings is 1. The lowest BCUT2D eigenvalue weighted by atomic mass is 9.85. The summed E-state index contributed by atoms with van der Waals surface area (Å²) in [6.07, 6.45) is -0.395. The smallest absolute Gasteiger partial charge is 0.370 e. The molecule has 1 aliphatic rings. The molecule has 0 saturated carbocycles. The number of nitrogens with two attached hydrogens (primary N) is 2. The van der Waals surface area contributed by atoms with Crippen molar-refractivity contribution < 1.29 is 18.0 Å². The molecular weight excluding hydrogens is 455 g/mol. The zero-order chi connectivity index (χ0) is 25.0. The van der Waals surface area contributed by atoms with E-state index in [9.17, 15) is 18.0 Å². The minimum Gasteiger partial charge on any atom is -0.370 e. The van der Waals surface area contributed by atoms with Crippen LogP contribution in [-0.2, 0) is 12.7 Å². The van der Waals surface area contributed by atoms with Gasteiger partial charge in [0.25, 0.3) is 5.91 Å². The molecule has 4 rings (SSSR count). The molecule has 4 N–H and O–H groups in total. The van der Waals surface area contributed by atoms with E-state index in [-0.39, 0.29) is 29.9 Å². The molecule has 2 aromatic carbocycles. The Hall–Kier alpha value is -3.88. The average Bonchev–Trinajstić information content (AvgIpc) is 2.87. The zero-order valence-electron chi connectivity index (χ0n) is 19.0. The van der Waals surface area contributed by atoms with Gasteiger partial charge < -0.3 is 16.4 Å². The Bertz CT molecular complexity index is 1220. The van der Waals surface area contributed by atoms with Gasteiger partial charge in [-0.25, -0.2) is 4.99 Å². The first kappa shape index (κ1) is 24.3. The minimum atomic E-state index is -4.50. The molecule has 0 atom stereocenters. The minimum absolute atomic E-state index is 0.0191. The molecule has 0 bridgehead atoms. The third kappa shape index (κ3) is 5.79. The number of carbonyl (C=O) groups is 1. The standard InChI is InChI=1S/C26H26F3N5O/c27-26(28,29)23-12-17(14-33-25(30)31)6-7-22(23)19-8-10-34(11-9-19)24(35)21-13-20(15-32-16-21)18-4-2-1-3-5-18/h1-7,12-13,15-16,19H,8-11,14H2,(H4,30,31,33). The number of pyridine rings is 1. The van der Waals surface area contributed by atoms with Crippen molar-refractivity contribution in [3.05, 3.63) is 89.2 Å². The van der Waals surface area contributed by atoms with E-state index in [1.54, 1.807) is 23.2 Å². The van der Waals surface area contributed by atoms with Crippen molar-refractivity contribution in [1.29, 1.82) is 0 Å². The second-order valence-electron chi connectivity index (χ2n) is 8.56. The van der Waals surface area contributed by atoms with Gasteiger partial charge in [0.2, 0.25) is 0 Å². The molecule has 0 spiro atoms. The molecule has 9 heteroatoms. The first-order valence-corrected chi connectivity index (χ1v) is 11.3. The maximum absolute atomic E-state index is 13.8. The number of amides is 1. The number of nitrogens with zero attached hydrogens (tertiary/aromatic N) is 3. The van der Waals surface area contributed by atoms with E-state index in [1.165, 1.54) is 12.3 Å². The van der Waals surface area contributed by atoms with Crippen molar-refractivity contribution in [1.82, 2.24) is 9.88 Å². The molecular formula is C26H26F3N5O. The van der Waals surface area contributed by atoms with Crippen molar-refractivity contribution in [2.75, 3.05) is 13.1 Å². The van der Waals surface area contributed by atoms with Gasteiger partial charge in [0, 0.05) is 31.0 Å². The average molecular weight is 482 g/mol. The monoisotopic (exact) mass is 481 g/mol. The highest BCUT2D eigenvalue weighted by Gasteiger charge is 2.36. The van der Waals surface area contributed by atoms with Crippen LogP contribution < -0.4 is 11.5 Å². The van der Waals surface area contributed by atoms with Gasteiger partial charge in [-0.15, -0.1) is 0 Å². The summed E-state index contributed by atoms with van der Waals surface area (Å²) in [5.74, 6) is -0.650. The van der Waals surface area contributed by atoms with Crippen LogP contribution in [0.2, 0.25) is 0 Å². The normalized spacial score (nSPS) is 14.5. The van der Waals surface area contributed by atoms with Gasteiger partial charge in [-0.2, -0.15) is 13.2 Å². The van der Waals surface area contributed by atoms with Gasteiger partial charge in [-0.05, 0) is 47.6 Å². The summed E-state index contributed by atoms with van der Waals surface area (Å²) in [5.41, 5.74) is 12.8. The first-order chi connectivity index (χ1) is 16.7. The lowest BCUT2D eigenvalue weighted by Crippen LogP contribution is -2.38. The highest BCUT2D eigenvalue weighted by atomic mass is 19.4. The SMILES string of the molecule is NC(N)=NCc1ccc(C2CCN(C(=O)c3cncc(-c4ccccc4)c3)CC2)c(C(F)(F)F)c1. The molecule has 1 aromatic heterocycles. The fourth-order valence-corrected chi connectivity index (χ4v) is 4.41. The fraction of sp³-hybridized carbons (Fsp3) is 0.269. The molecule has 35 heavy (non-hydrogen) atoms. The van der Waals surface area contributed by atoms with Crippen LogP contribution in [0, 0.1) is 0 Å². The predicted molar refractivity (Wildman–Crippen MR) is 129 cm³/mol. The summed E-state index contributed by atoms with van der Waals surface area (Å²) in [6.45, 7) is 0.715. The van der Waals surface area contributed by atoms with E-state index in [1.807, 2.05) is 30.3 Å². The number of carbonyl (C=O) groups excluding carboxylic acids is 1. The van der Waals surface area contributed by atoms with Crippen LogP contribution in [0.25, 0.3) is 11.1 Å². The van der Waals surface area contributed by atoms with E-state index >= 15 is 0 Å². The number of benzene rings is 2. The van der Waals surface area contributed by atoms with E-state index in [4.69, 9.17) is 11.5 Å². The summed E-state index contributed by atoms with van der Waals surface area (Å²) in [4.78, 5) is 22.8. The number of halogens is 3. The fourth-order valence-electron chi connectivity index (χ4n) is 4.41. The largest absolute Gasteiger partial charge is 0.416 e. The Labute approximate surface area is 201 Å². The maximum Gasteiger partial charge on any atom is 0.416 e. The van der Waals surface area contributed by atoms with Gasteiger partial charge in [0.15, 0.2) is 5.96 Å². The molecule has 0 aliphatic carbocycles. The third-order valence-corrected chi connectivity index (χ3v) is 6.18. The second kappa shape index (κ2) is 10.2. The van der Waals surface area contributed by atoms with Crippen molar-refractivity contribution >= 4 is 11.9 Å². The molecule has 1 saturated heterocycles. The molecule has 1 amide bonds. The summed E-state index contributed by atoms with van der Waals surface area (Å²) in [6, 6.07) is 15.7. The first-order valence-electron chi connectivity index (χ1n) is 11.3. The molecule has 0 unspecified atom stereocenters. The van der Waals surface area contributed by atoms with Crippen LogP contribution in [0.15, 0.2) is 72.0 Å². The van der Waals surface area contributed by atoms with Crippen molar-refractivity contribution in [3.8, 4) is 11.1 Å². The van der Waals surface area contributed by atoms with Crippen molar-refractivity contribution in [3.63, 3.8) is 0 Å². The predicted octanol–water partition coefficient (Wildman–Crippen LogP) is 4.56. The Balaban J connectivity index is 1.48.